The minimum atomic E-state index is -0.409. The molecule has 1 spiro atoms. The van der Waals surface area contributed by atoms with Crippen molar-refractivity contribution in [2.45, 2.75) is 5.41 Å². The van der Waals surface area contributed by atoms with Gasteiger partial charge in [-0.3, -0.25) is 0 Å². The molecule has 174 valence electrons. The highest BCUT2D eigenvalue weighted by molar-refractivity contribution is 9.10. The summed E-state index contributed by atoms with van der Waals surface area (Å²) in [7, 11) is 0. The second kappa shape index (κ2) is 7.68. The molecular weight excluding hydrogens is 514 g/mol. The summed E-state index contributed by atoms with van der Waals surface area (Å²) in [5.41, 5.74) is 11.1. The number of halogens is 1. The van der Waals surface area contributed by atoms with E-state index in [-0.39, 0.29) is 0 Å². The first-order chi connectivity index (χ1) is 18.3. The smallest absolute Gasteiger partial charge is 0.0754 e. The normalized spacial score (nSPS) is 14.2. The number of hydrogen-bond donors (Lipinski definition) is 0. The first-order valence-corrected chi connectivity index (χ1v) is 13.4. The Balaban J connectivity index is 1.57. The molecule has 0 fully saturated rings. The molecular formula is C35H22BrN. The average Bonchev–Trinajstić information content (AvgIpc) is 3.22. The van der Waals surface area contributed by atoms with Gasteiger partial charge in [-0.1, -0.05) is 101 Å². The predicted molar refractivity (Wildman–Crippen MR) is 157 cm³/mol. The van der Waals surface area contributed by atoms with Gasteiger partial charge in [-0.2, -0.15) is 0 Å². The van der Waals surface area contributed by atoms with Crippen LogP contribution in [0.2, 0.25) is 0 Å². The quantitative estimate of drug-likeness (QED) is 0.202. The van der Waals surface area contributed by atoms with Crippen LogP contribution in [0, 0.1) is 0 Å². The Hall–Kier alpha value is -4.14. The van der Waals surface area contributed by atoms with Crippen LogP contribution in [-0.2, 0) is 5.41 Å². The lowest BCUT2D eigenvalue weighted by Gasteiger charge is -2.45. The molecule has 0 aromatic heterocycles. The molecule has 0 unspecified atom stereocenters. The number of rotatable bonds is 1. The van der Waals surface area contributed by atoms with Gasteiger partial charge in [0.25, 0.3) is 0 Å². The van der Waals surface area contributed by atoms with Gasteiger partial charge in [0.15, 0.2) is 0 Å². The Morgan fingerprint density at radius 2 is 1.03 bits per heavy atom. The number of fused-ring (bicyclic) bond motifs is 10. The van der Waals surface area contributed by atoms with Crippen LogP contribution in [-0.4, -0.2) is 0 Å². The van der Waals surface area contributed by atoms with Crippen molar-refractivity contribution in [2.75, 3.05) is 4.90 Å². The Morgan fingerprint density at radius 1 is 0.459 bits per heavy atom. The molecule has 0 amide bonds. The third kappa shape index (κ3) is 2.74. The summed E-state index contributed by atoms with van der Waals surface area (Å²) in [5, 5.41) is 2.54. The number of nitrogens with zero attached hydrogens (tertiary/aromatic N) is 1. The lowest BCUT2D eigenvalue weighted by Crippen LogP contribution is -2.36. The molecule has 1 aliphatic carbocycles. The van der Waals surface area contributed by atoms with Crippen LogP contribution in [0.25, 0.3) is 21.9 Å². The number of anilines is 3. The van der Waals surface area contributed by atoms with Crippen molar-refractivity contribution in [1.82, 2.24) is 0 Å². The fourth-order valence-electron chi connectivity index (χ4n) is 6.67. The zero-order valence-corrected chi connectivity index (χ0v) is 21.6. The monoisotopic (exact) mass is 535 g/mol. The number of benzene rings is 6. The van der Waals surface area contributed by atoms with Crippen molar-refractivity contribution >= 4 is 43.8 Å². The Kier molecular flexibility index (Phi) is 4.36. The second-order valence-corrected chi connectivity index (χ2v) is 10.8. The summed E-state index contributed by atoms with van der Waals surface area (Å²) >= 11 is 3.77. The van der Waals surface area contributed by atoms with Gasteiger partial charge in [-0.25, -0.2) is 0 Å². The molecule has 6 aromatic carbocycles. The fourth-order valence-corrected chi connectivity index (χ4v) is 7.03. The molecule has 2 aliphatic rings. The summed E-state index contributed by atoms with van der Waals surface area (Å²) in [4.78, 5) is 2.42. The number of para-hydroxylation sites is 3. The largest absolute Gasteiger partial charge is 0.310 e. The van der Waals surface area contributed by atoms with E-state index in [0.717, 1.165) is 4.47 Å². The molecule has 0 bridgehead atoms. The Morgan fingerprint density at radius 3 is 1.73 bits per heavy atom. The summed E-state index contributed by atoms with van der Waals surface area (Å²) in [6, 6.07) is 49.0. The minimum absolute atomic E-state index is 0.409. The lowest BCUT2D eigenvalue weighted by molar-refractivity contribution is 0.753. The minimum Gasteiger partial charge on any atom is -0.310 e. The van der Waals surface area contributed by atoms with Crippen LogP contribution in [0.15, 0.2) is 138 Å². The summed E-state index contributed by atoms with van der Waals surface area (Å²) in [6.07, 6.45) is 0. The third-order valence-electron chi connectivity index (χ3n) is 8.08. The van der Waals surface area contributed by atoms with Crippen molar-refractivity contribution in [1.29, 1.82) is 0 Å². The maximum absolute atomic E-state index is 3.77. The van der Waals surface area contributed by atoms with E-state index in [4.69, 9.17) is 0 Å². The zero-order chi connectivity index (χ0) is 24.6. The lowest BCUT2D eigenvalue weighted by atomic mass is 9.64. The van der Waals surface area contributed by atoms with Crippen LogP contribution in [0.3, 0.4) is 0 Å². The van der Waals surface area contributed by atoms with Crippen LogP contribution < -0.4 is 4.90 Å². The third-order valence-corrected chi connectivity index (χ3v) is 8.57. The van der Waals surface area contributed by atoms with Gasteiger partial charge in [-0.05, 0) is 92.7 Å². The number of hydrogen-bond acceptors (Lipinski definition) is 1. The molecule has 0 saturated carbocycles. The van der Waals surface area contributed by atoms with E-state index in [0.29, 0.717) is 0 Å². The van der Waals surface area contributed by atoms with Crippen LogP contribution in [0.1, 0.15) is 22.3 Å². The van der Waals surface area contributed by atoms with Gasteiger partial charge in [0, 0.05) is 10.2 Å². The van der Waals surface area contributed by atoms with Crippen molar-refractivity contribution in [3.63, 3.8) is 0 Å². The van der Waals surface area contributed by atoms with E-state index in [9.17, 15) is 0 Å². The Labute approximate surface area is 224 Å². The molecule has 0 atom stereocenters. The van der Waals surface area contributed by atoms with Gasteiger partial charge >= 0.3 is 0 Å². The predicted octanol–water partition coefficient (Wildman–Crippen LogP) is 9.75. The van der Waals surface area contributed by atoms with Crippen molar-refractivity contribution in [2.24, 2.45) is 0 Å². The zero-order valence-electron chi connectivity index (χ0n) is 20.0. The molecule has 37 heavy (non-hydrogen) atoms. The second-order valence-electron chi connectivity index (χ2n) is 9.89. The van der Waals surface area contributed by atoms with Crippen molar-refractivity contribution in [3.8, 4) is 11.1 Å². The highest BCUT2D eigenvalue weighted by Crippen LogP contribution is 2.63. The fraction of sp³-hybridized carbons (Fsp3) is 0.0286. The standard InChI is InChI=1S/C35H22BrN/c36-25-18-19-29-28(22-25)27-20-23-10-4-5-11-24(23)21-32(27)35(29)30-14-6-8-16-33(30)37(26-12-2-1-3-13-26)34-17-9-7-15-31(34)35/h1-22H. The SMILES string of the molecule is Brc1ccc2c(c1)-c1cc3ccccc3cc1C21c2ccccc2N(c2ccccc2)c2ccccc21. The molecule has 0 N–H and O–H groups in total. The molecule has 2 heteroatoms. The van der Waals surface area contributed by atoms with Crippen molar-refractivity contribution < 1.29 is 0 Å². The molecule has 8 rings (SSSR count). The molecule has 0 saturated heterocycles. The van der Waals surface area contributed by atoms with Gasteiger partial charge < -0.3 is 4.90 Å². The summed E-state index contributed by atoms with van der Waals surface area (Å²) in [5.74, 6) is 0. The first kappa shape index (κ1) is 21.0. The molecule has 0 radical (unpaired) electrons. The molecule has 6 aromatic rings. The molecule has 1 nitrogen and oxygen atoms in total. The molecule has 1 heterocycles. The maximum Gasteiger partial charge on any atom is 0.0754 e. The van der Waals surface area contributed by atoms with Gasteiger partial charge in [0.1, 0.15) is 0 Å². The highest BCUT2D eigenvalue weighted by Gasteiger charge is 2.51. The van der Waals surface area contributed by atoms with Gasteiger partial charge in [0.2, 0.25) is 0 Å². The van der Waals surface area contributed by atoms with E-state index in [2.05, 4.69) is 154 Å². The van der Waals surface area contributed by atoms with E-state index in [1.54, 1.807) is 0 Å². The maximum atomic E-state index is 3.77. The Bertz CT molecular complexity index is 1810. The van der Waals surface area contributed by atoms with E-state index >= 15 is 0 Å². The first-order valence-electron chi connectivity index (χ1n) is 12.6. The van der Waals surface area contributed by atoms with E-state index in [1.165, 1.54) is 61.2 Å². The highest BCUT2D eigenvalue weighted by atomic mass is 79.9. The van der Waals surface area contributed by atoms with Crippen LogP contribution in [0.5, 0.6) is 0 Å². The topological polar surface area (TPSA) is 3.24 Å². The summed E-state index contributed by atoms with van der Waals surface area (Å²) < 4.78 is 1.10. The molecule has 1 aliphatic heterocycles. The van der Waals surface area contributed by atoms with E-state index < -0.39 is 5.41 Å². The average molecular weight is 536 g/mol. The van der Waals surface area contributed by atoms with Gasteiger partial charge in [0.05, 0.1) is 16.8 Å². The van der Waals surface area contributed by atoms with Gasteiger partial charge in [-0.15, -0.1) is 0 Å². The summed E-state index contributed by atoms with van der Waals surface area (Å²) in [6.45, 7) is 0. The van der Waals surface area contributed by atoms with Crippen LogP contribution in [0.4, 0.5) is 17.1 Å². The van der Waals surface area contributed by atoms with E-state index in [1.807, 2.05) is 0 Å². The van der Waals surface area contributed by atoms with Crippen LogP contribution >= 0.6 is 15.9 Å². The van der Waals surface area contributed by atoms with Crippen molar-refractivity contribution in [3.05, 3.63) is 160 Å².